The Hall–Kier alpha value is -8.08. The fraction of sp³-hybridized carbons (Fsp3) is 0.160. The first-order valence-corrected chi connectivity index (χ1v) is 20.7. The van der Waals surface area contributed by atoms with Crippen LogP contribution in [0, 0.1) is 17.8 Å². The van der Waals surface area contributed by atoms with E-state index in [0.29, 0.717) is 28.2 Å². The van der Waals surface area contributed by atoms with E-state index in [0.717, 1.165) is 33.2 Å². The number of esters is 1. The van der Waals surface area contributed by atoms with Crippen molar-refractivity contribution in [2.24, 2.45) is 5.92 Å². The van der Waals surface area contributed by atoms with Crippen molar-refractivity contribution in [1.29, 1.82) is 0 Å². The van der Waals surface area contributed by atoms with Gasteiger partial charge in [-0.2, -0.15) is 0 Å². The van der Waals surface area contributed by atoms with Crippen molar-refractivity contribution < 1.29 is 24.2 Å². The number of aromatic hydroxyl groups is 1. The number of morpholine rings is 1. The Morgan fingerprint density at radius 1 is 0.794 bits per heavy atom. The molecule has 5 heterocycles. The number of phenolic OH excluding ortho intramolecular Hbond substituents is 1. The van der Waals surface area contributed by atoms with Gasteiger partial charge in [0.15, 0.2) is 0 Å². The third-order valence-corrected chi connectivity index (χ3v) is 12.5. The third kappa shape index (κ3) is 6.22. The molecule has 3 aliphatic rings. The lowest BCUT2D eigenvalue weighted by Gasteiger charge is -2.46. The Morgan fingerprint density at radius 3 is 2.29 bits per heavy atom. The molecule has 6 atom stereocenters. The van der Waals surface area contributed by atoms with Crippen molar-refractivity contribution in [1.82, 2.24) is 35.2 Å². The van der Waals surface area contributed by atoms with Crippen molar-refractivity contribution >= 4 is 45.5 Å². The molecule has 4 N–H and O–H groups in total. The van der Waals surface area contributed by atoms with Crippen LogP contribution < -0.4 is 10.6 Å². The number of aromatic nitrogens is 5. The van der Waals surface area contributed by atoms with Crippen LogP contribution in [0.2, 0.25) is 0 Å². The SMILES string of the molecule is O=C1O[C@H](c2ccccc2)[C@H](c2ccccc2)N2[C@H]1[C@@H](C(=O)NCc1nc3ccccc3[nH]1)[C@]1(C(=O)Nc3ccc(C#CCn4nnc5ccccc54)cc31)[C@H]2c1ccc(O)cc1. The van der Waals surface area contributed by atoms with Crippen LogP contribution in [0.1, 0.15) is 51.8 Å². The van der Waals surface area contributed by atoms with E-state index in [1.807, 2.05) is 126 Å². The molecular weight excluding hydrogens is 793 g/mol. The van der Waals surface area contributed by atoms with Crippen LogP contribution in [-0.4, -0.2) is 58.8 Å². The highest BCUT2D eigenvalue weighted by Gasteiger charge is 2.74. The zero-order valence-electron chi connectivity index (χ0n) is 33.6. The normalized spacial score (nSPS) is 22.6. The molecule has 0 radical (unpaired) electrons. The van der Waals surface area contributed by atoms with Gasteiger partial charge in [0.1, 0.15) is 41.2 Å². The molecular formula is C50H38N8O5. The number of para-hydroxylation sites is 3. The van der Waals surface area contributed by atoms with Gasteiger partial charge in [-0.1, -0.05) is 114 Å². The van der Waals surface area contributed by atoms with Crippen LogP contribution in [0.15, 0.2) is 152 Å². The molecule has 8 aromatic rings. The quantitative estimate of drug-likeness (QED) is 0.102. The van der Waals surface area contributed by atoms with E-state index in [2.05, 4.69) is 42.8 Å². The molecule has 308 valence electrons. The van der Waals surface area contributed by atoms with Gasteiger partial charge in [0, 0.05) is 11.3 Å². The summed E-state index contributed by atoms with van der Waals surface area (Å²) in [5, 5.41) is 25.4. The predicted octanol–water partition coefficient (Wildman–Crippen LogP) is 6.65. The summed E-state index contributed by atoms with van der Waals surface area (Å²) in [4.78, 5) is 55.9. The molecule has 0 bridgehead atoms. The number of fused-ring (bicyclic) bond motifs is 5. The number of aromatic amines is 1. The second-order valence-electron chi connectivity index (χ2n) is 16.0. The molecule has 0 saturated carbocycles. The molecule has 0 unspecified atom stereocenters. The molecule has 63 heavy (non-hydrogen) atoms. The Bertz CT molecular complexity index is 3110. The summed E-state index contributed by atoms with van der Waals surface area (Å²) in [6.45, 7) is 0.252. The monoisotopic (exact) mass is 830 g/mol. The lowest BCUT2D eigenvalue weighted by Crippen LogP contribution is -2.54. The number of hydrogen-bond donors (Lipinski definition) is 4. The van der Waals surface area contributed by atoms with Gasteiger partial charge >= 0.3 is 5.97 Å². The van der Waals surface area contributed by atoms with Crippen LogP contribution in [0.4, 0.5) is 5.69 Å². The number of anilines is 1. The summed E-state index contributed by atoms with van der Waals surface area (Å²) in [5.74, 6) is 4.06. The van der Waals surface area contributed by atoms with E-state index in [1.54, 1.807) is 35.0 Å². The number of hydrogen-bond acceptors (Lipinski definition) is 9. The molecule has 11 rings (SSSR count). The van der Waals surface area contributed by atoms with E-state index < -0.39 is 53.3 Å². The summed E-state index contributed by atoms with van der Waals surface area (Å²) in [6, 6.07) is 43.7. The second-order valence-corrected chi connectivity index (χ2v) is 16.0. The second kappa shape index (κ2) is 15.1. The Labute approximate surface area is 360 Å². The standard InChI is InChI=1S/C50H38N8O5/c59-34-24-22-33(23-25-34)46-50(35-28-30(21-26-36(35)54-49(50)62)12-11-27-57-40-20-10-9-19-39(40)55-56-57)42(47(60)51-29-41-52-37-17-7-8-18-38(37)53-41)44-48(61)63-45(32-15-5-2-6-16-32)43(58(44)46)31-13-3-1-4-14-31/h1-10,13-26,28,42-46,59H,27,29H2,(H,51,60)(H,52,53)(H,54,62)/t42-,43-,44-,45+,46+,50-/m0/s1. The molecule has 3 aliphatic heterocycles. The van der Waals surface area contributed by atoms with Gasteiger partial charge in [0.2, 0.25) is 11.8 Å². The molecule has 2 fully saturated rings. The molecule has 0 aliphatic carbocycles. The van der Waals surface area contributed by atoms with Crippen LogP contribution >= 0.6 is 0 Å². The number of phenols is 1. The van der Waals surface area contributed by atoms with Crippen molar-refractivity contribution in [3.05, 3.63) is 185 Å². The fourth-order valence-electron chi connectivity index (χ4n) is 9.95. The summed E-state index contributed by atoms with van der Waals surface area (Å²) in [7, 11) is 0. The smallest absolute Gasteiger partial charge is 0.324 e. The molecule has 6 aromatic carbocycles. The first-order chi connectivity index (χ1) is 30.9. The molecule has 13 nitrogen and oxygen atoms in total. The summed E-state index contributed by atoms with van der Waals surface area (Å²) in [5.41, 5.74) is 5.21. The Morgan fingerprint density at radius 2 is 1.51 bits per heavy atom. The summed E-state index contributed by atoms with van der Waals surface area (Å²) < 4.78 is 8.24. The van der Waals surface area contributed by atoms with Gasteiger partial charge in [-0.15, -0.1) is 5.10 Å². The largest absolute Gasteiger partial charge is 0.508 e. The first kappa shape index (κ1) is 37.9. The molecule has 2 aromatic heterocycles. The van der Waals surface area contributed by atoms with Crippen LogP contribution in [0.25, 0.3) is 22.1 Å². The van der Waals surface area contributed by atoms with E-state index >= 15 is 14.4 Å². The van der Waals surface area contributed by atoms with Gasteiger partial charge in [0.25, 0.3) is 0 Å². The number of rotatable bonds is 7. The highest BCUT2D eigenvalue weighted by molar-refractivity contribution is 6.12. The number of carbonyl (C=O) groups is 3. The van der Waals surface area contributed by atoms with E-state index in [4.69, 9.17) is 4.74 Å². The van der Waals surface area contributed by atoms with Crippen LogP contribution in [0.5, 0.6) is 5.75 Å². The average Bonchev–Trinajstić information content (AvgIpc) is 4.08. The zero-order valence-corrected chi connectivity index (χ0v) is 33.6. The van der Waals surface area contributed by atoms with Crippen molar-refractivity contribution in [2.45, 2.75) is 42.7 Å². The van der Waals surface area contributed by atoms with Crippen molar-refractivity contribution in [2.75, 3.05) is 5.32 Å². The molecule has 2 saturated heterocycles. The Kier molecular flexibility index (Phi) is 9.10. The zero-order chi connectivity index (χ0) is 42.7. The number of nitrogens with one attached hydrogen (secondary N) is 3. The number of nitrogens with zero attached hydrogens (tertiary/aromatic N) is 5. The topological polar surface area (TPSA) is 167 Å². The highest BCUT2D eigenvalue weighted by atomic mass is 16.6. The number of benzene rings is 6. The Balaban J connectivity index is 1.10. The van der Waals surface area contributed by atoms with Gasteiger partial charge in [0.05, 0.1) is 41.1 Å². The van der Waals surface area contributed by atoms with E-state index in [9.17, 15) is 5.11 Å². The highest BCUT2D eigenvalue weighted by Crippen LogP contribution is 2.64. The molecule has 1 spiro atoms. The summed E-state index contributed by atoms with van der Waals surface area (Å²) in [6.07, 6.45) is -0.819. The fourth-order valence-corrected chi connectivity index (χ4v) is 9.95. The minimum Gasteiger partial charge on any atom is -0.508 e. The third-order valence-electron chi connectivity index (χ3n) is 12.5. The van der Waals surface area contributed by atoms with Crippen LogP contribution in [-0.2, 0) is 37.6 Å². The first-order valence-electron chi connectivity index (χ1n) is 20.7. The lowest BCUT2D eigenvalue weighted by molar-refractivity contribution is -0.178. The maximum absolute atomic E-state index is 15.5. The predicted molar refractivity (Wildman–Crippen MR) is 234 cm³/mol. The maximum atomic E-state index is 15.5. The average molecular weight is 831 g/mol. The number of H-pyrrole nitrogens is 1. The van der Waals surface area contributed by atoms with E-state index in [-0.39, 0.29) is 18.8 Å². The van der Waals surface area contributed by atoms with Crippen molar-refractivity contribution in [3.8, 4) is 17.6 Å². The molecule has 2 amide bonds. The van der Waals surface area contributed by atoms with Gasteiger partial charge in [-0.3, -0.25) is 19.3 Å². The minimum absolute atomic E-state index is 0.00253. The number of imidazole rings is 1. The van der Waals surface area contributed by atoms with Crippen molar-refractivity contribution in [3.63, 3.8) is 0 Å². The van der Waals surface area contributed by atoms with Gasteiger partial charge in [-0.05, 0) is 76.9 Å². The van der Waals surface area contributed by atoms with Crippen LogP contribution in [0.3, 0.4) is 0 Å². The maximum Gasteiger partial charge on any atom is 0.324 e. The van der Waals surface area contributed by atoms with E-state index in [1.165, 1.54) is 0 Å². The van der Waals surface area contributed by atoms with Gasteiger partial charge in [-0.25, -0.2) is 9.67 Å². The number of amides is 2. The lowest BCUT2D eigenvalue weighted by atomic mass is 9.65. The number of carbonyl (C=O) groups excluding carboxylic acids is 3. The van der Waals surface area contributed by atoms with Gasteiger partial charge < -0.3 is 25.5 Å². The number of ether oxygens (including phenoxy) is 1. The number of cyclic esters (lactones) is 1. The molecule has 13 heteroatoms. The minimum atomic E-state index is -1.73. The summed E-state index contributed by atoms with van der Waals surface area (Å²) >= 11 is 0.